The highest BCUT2D eigenvalue weighted by Crippen LogP contribution is 2.30. The number of piperazine rings is 1. The Morgan fingerprint density at radius 2 is 1.94 bits per heavy atom. The van der Waals surface area contributed by atoms with E-state index in [1.807, 2.05) is 0 Å². The van der Waals surface area contributed by atoms with Crippen molar-refractivity contribution in [2.45, 2.75) is 19.4 Å². The number of hydrogen-bond donors (Lipinski definition) is 1. The van der Waals surface area contributed by atoms with Crippen molar-refractivity contribution in [1.29, 1.82) is 0 Å². The van der Waals surface area contributed by atoms with Gasteiger partial charge in [0, 0.05) is 41.2 Å². The highest BCUT2D eigenvalue weighted by Gasteiger charge is 2.20. The number of hydrogen-bond acceptors (Lipinski definition) is 2. The van der Waals surface area contributed by atoms with Gasteiger partial charge in [0.2, 0.25) is 0 Å². The highest BCUT2D eigenvalue weighted by molar-refractivity contribution is 9.13. The van der Waals surface area contributed by atoms with Gasteiger partial charge in [-0.15, -0.1) is 0 Å². The average Bonchev–Trinajstić information content (AvgIpc) is 2.36. The first-order chi connectivity index (χ1) is 8.22. The lowest BCUT2D eigenvalue weighted by Gasteiger charge is -2.34. The van der Waals surface area contributed by atoms with Crippen LogP contribution in [0.15, 0.2) is 27.1 Å². The summed E-state index contributed by atoms with van der Waals surface area (Å²) >= 11 is 7.12. The van der Waals surface area contributed by atoms with Crippen molar-refractivity contribution in [3.05, 3.63) is 32.7 Å². The van der Waals surface area contributed by atoms with Crippen LogP contribution >= 0.6 is 31.9 Å². The van der Waals surface area contributed by atoms with E-state index in [4.69, 9.17) is 0 Å². The van der Waals surface area contributed by atoms with Gasteiger partial charge < -0.3 is 5.32 Å². The Hall–Kier alpha value is 0.1000. The zero-order valence-electron chi connectivity index (χ0n) is 10.0. The molecule has 0 radical (unpaired) electrons. The van der Waals surface area contributed by atoms with Crippen molar-refractivity contribution in [1.82, 2.24) is 10.2 Å². The topological polar surface area (TPSA) is 15.3 Å². The summed E-state index contributed by atoms with van der Waals surface area (Å²) in [7, 11) is 0. The van der Waals surface area contributed by atoms with Crippen LogP contribution in [0.4, 0.5) is 0 Å². The standard InChI is InChI=1S/C13H18Br2N2/c1-2-13(17-7-5-16-6-8-17)10-3-4-11(14)12(15)9-10/h3-4,9,13,16H,2,5-8H2,1H3/t13-/m0/s1. The number of halogens is 2. The summed E-state index contributed by atoms with van der Waals surface area (Å²) in [5.74, 6) is 0. The molecular weight excluding hydrogens is 344 g/mol. The van der Waals surface area contributed by atoms with Gasteiger partial charge in [0.25, 0.3) is 0 Å². The van der Waals surface area contributed by atoms with E-state index in [1.54, 1.807) is 0 Å². The van der Waals surface area contributed by atoms with E-state index in [-0.39, 0.29) is 0 Å². The molecule has 1 N–H and O–H groups in total. The molecule has 1 aromatic rings. The Balaban J connectivity index is 2.18. The second-order valence-electron chi connectivity index (χ2n) is 4.38. The van der Waals surface area contributed by atoms with Crippen molar-refractivity contribution < 1.29 is 0 Å². The summed E-state index contributed by atoms with van der Waals surface area (Å²) in [4.78, 5) is 2.58. The Morgan fingerprint density at radius 1 is 1.24 bits per heavy atom. The van der Waals surface area contributed by atoms with Crippen molar-refractivity contribution in [2.24, 2.45) is 0 Å². The van der Waals surface area contributed by atoms with E-state index in [0.717, 1.165) is 41.5 Å². The second kappa shape index (κ2) is 6.32. The molecule has 0 unspecified atom stereocenters. The second-order valence-corrected chi connectivity index (χ2v) is 6.09. The molecule has 0 saturated carbocycles. The number of nitrogens with zero attached hydrogens (tertiary/aromatic N) is 1. The molecule has 2 nitrogen and oxygen atoms in total. The van der Waals surface area contributed by atoms with Crippen LogP contribution in [-0.2, 0) is 0 Å². The third-order valence-corrected chi connectivity index (χ3v) is 5.19. The minimum absolute atomic E-state index is 0.543. The minimum atomic E-state index is 0.543. The van der Waals surface area contributed by atoms with Crippen molar-refractivity contribution in [3.63, 3.8) is 0 Å². The van der Waals surface area contributed by atoms with Gasteiger partial charge in [-0.3, -0.25) is 4.90 Å². The van der Waals surface area contributed by atoms with Crippen LogP contribution in [0.5, 0.6) is 0 Å². The van der Waals surface area contributed by atoms with Gasteiger partial charge >= 0.3 is 0 Å². The lowest BCUT2D eigenvalue weighted by atomic mass is 10.0. The first-order valence-corrected chi connectivity index (χ1v) is 7.70. The summed E-state index contributed by atoms with van der Waals surface area (Å²) in [5.41, 5.74) is 1.41. The molecule has 1 fully saturated rings. The van der Waals surface area contributed by atoms with E-state index >= 15 is 0 Å². The monoisotopic (exact) mass is 360 g/mol. The first kappa shape index (κ1) is 13.5. The normalized spacial score (nSPS) is 19.2. The Labute approximate surface area is 120 Å². The smallest absolute Gasteiger partial charge is 0.0346 e. The molecule has 1 heterocycles. The SMILES string of the molecule is CC[C@@H](c1ccc(Br)c(Br)c1)N1CCNCC1. The van der Waals surface area contributed by atoms with Gasteiger partial charge in [-0.2, -0.15) is 0 Å². The predicted molar refractivity (Wildman–Crippen MR) is 79.3 cm³/mol. The molecule has 0 aromatic heterocycles. The molecule has 17 heavy (non-hydrogen) atoms. The molecule has 1 aliphatic heterocycles. The maximum Gasteiger partial charge on any atom is 0.0346 e. The Kier molecular flexibility index (Phi) is 5.03. The molecule has 1 atom stereocenters. The fourth-order valence-corrected chi connectivity index (χ4v) is 3.06. The van der Waals surface area contributed by atoms with Crippen LogP contribution in [0.25, 0.3) is 0 Å². The summed E-state index contributed by atoms with van der Waals surface area (Å²) in [6.07, 6.45) is 1.16. The minimum Gasteiger partial charge on any atom is -0.314 e. The zero-order chi connectivity index (χ0) is 12.3. The highest BCUT2D eigenvalue weighted by atomic mass is 79.9. The third kappa shape index (κ3) is 3.31. The van der Waals surface area contributed by atoms with E-state index in [0.29, 0.717) is 6.04 Å². The van der Waals surface area contributed by atoms with Crippen LogP contribution in [-0.4, -0.2) is 31.1 Å². The van der Waals surface area contributed by atoms with Gasteiger partial charge in [0.15, 0.2) is 0 Å². The predicted octanol–water partition coefficient (Wildman–Crippen LogP) is 3.57. The molecular formula is C13H18Br2N2. The van der Waals surface area contributed by atoms with Gasteiger partial charge in [-0.25, -0.2) is 0 Å². The third-order valence-electron chi connectivity index (χ3n) is 3.31. The van der Waals surface area contributed by atoms with Gasteiger partial charge in [-0.05, 0) is 56.0 Å². The van der Waals surface area contributed by atoms with Crippen LogP contribution in [0, 0.1) is 0 Å². The van der Waals surface area contributed by atoms with Crippen LogP contribution in [0.2, 0.25) is 0 Å². The molecule has 1 saturated heterocycles. The van der Waals surface area contributed by atoms with Gasteiger partial charge in [0.05, 0.1) is 0 Å². The number of benzene rings is 1. The average molecular weight is 362 g/mol. The van der Waals surface area contributed by atoms with Crippen LogP contribution in [0.3, 0.4) is 0 Å². The molecule has 1 aromatic carbocycles. The van der Waals surface area contributed by atoms with Gasteiger partial charge in [0.1, 0.15) is 0 Å². The molecule has 0 bridgehead atoms. The molecule has 0 spiro atoms. The molecule has 0 amide bonds. The van der Waals surface area contributed by atoms with E-state index in [9.17, 15) is 0 Å². The zero-order valence-corrected chi connectivity index (χ0v) is 13.2. The Morgan fingerprint density at radius 3 is 2.53 bits per heavy atom. The fraction of sp³-hybridized carbons (Fsp3) is 0.538. The lowest BCUT2D eigenvalue weighted by molar-refractivity contribution is 0.169. The summed E-state index contributed by atoms with van der Waals surface area (Å²) in [6, 6.07) is 7.14. The van der Waals surface area contributed by atoms with Crippen LogP contribution in [0.1, 0.15) is 24.9 Å². The molecule has 4 heteroatoms. The fourth-order valence-electron chi connectivity index (χ4n) is 2.42. The molecule has 0 aliphatic carbocycles. The van der Waals surface area contributed by atoms with Gasteiger partial charge in [-0.1, -0.05) is 13.0 Å². The summed E-state index contributed by atoms with van der Waals surface area (Å²) < 4.78 is 2.26. The van der Waals surface area contributed by atoms with Crippen molar-refractivity contribution >= 4 is 31.9 Å². The van der Waals surface area contributed by atoms with Crippen LogP contribution < -0.4 is 5.32 Å². The summed E-state index contributed by atoms with van der Waals surface area (Å²) in [5, 5.41) is 3.41. The quantitative estimate of drug-likeness (QED) is 0.885. The molecule has 1 aliphatic rings. The number of rotatable bonds is 3. The Bertz CT molecular complexity index is 376. The first-order valence-electron chi connectivity index (χ1n) is 6.12. The number of nitrogens with one attached hydrogen (secondary N) is 1. The largest absolute Gasteiger partial charge is 0.314 e. The summed E-state index contributed by atoms with van der Waals surface area (Å²) in [6.45, 7) is 6.77. The van der Waals surface area contributed by atoms with E-state index in [1.165, 1.54) is 5.56 Å². The van der Waals surface area contributed by atoms with E-state index in [2.05, 4.69) is 67.2 Å². The maximum atomic E-state index is 3.59. The lowest BCUT2D eigenvalue weighted by Crippen LogP contribution is -2.45. The van der Waals surface area contributed by atoms with Crippen molar-refractivity contribution in [2.75, 3.05) is 26.2 Å². The molecule has 94 valence electrons. The van der Waals surface area contributed by atoms with Crippen molar-refractivity contribution in [3.8, 4) is 0 Å². The maximum absolute atomic E-state index is 3.59. The van der Waals surface area contributed by atoms with E-state index < -0.39 is 0 Å². The molecule has 2 rings (SSSR count).